The van der Waals surface area contributed by atoms with Gasteiger partial charge in [-0.15, -0.1) is 0 Å². The lowest BCUT2D eigenvalue weighted by Gasteiger charge is -2.28. The van der Waals surface area contributed by atoms with E-state index in [4.69, 9.17) is 11.5 Å². The van der Waals surface area contributed by atoms with Crippen molar-refractivity contribution in [1.29, 1.82) is 0 Å². The number of nitrogen functional groups attached to an aromatic ring is 1. The summed E-state index contributed by atoms with van der Waals surface area (Å²) in [5.41, 5.74) is 12.7. The molecule has 0 aliphatic rings. The van der Waals surface area contributed by atoms with Crippen LogP contribution in [0.4, 0.5) is 17.1 Å². The van der Waals surface area contributed by atoms with Crippen LogP contribution in [0.3, 0.4) is 0 Å². The summed E-state index contributed by atoms with van der Waals surface area (Å²) in [5.74, 6) is -0.321. The summed E-state index contributed by atoms with van der Waals surface area (Å²) < 4.78 is 0. The first-order valence-corrected chi connectivity index (χ1v) is 7.39. The van der Waals surface area contributed by atoms with Gasteiger partial charge in [-0.3, -0.25) is 9.59 Å². The summed E-state index contributed by atoms with van der Waals surface area (Å²) in [6.45, 7) is 6.27. The molecule has 1 aromatic carbocycles. The van der Waals surface area contributed by atoms with Gasteiger partial charge in [0.1, 0.15) is 0 Å². The third-order valence-electron chi connectivity index (χ3n) is 3.88. The Balaban J connectivity index is 2.84. The maximum Gasteiger partial charge on any atom is 0.232 e. The third kappa shape index (κ3) is 4.38. The molecule has 1 aromatic rings. The number of carbonyl (C=O) groups excluding carboxylic acids is 2. The quantitative estimate of drug-likeness (QED) is 0.670. The van der Waals surface area contributed by atoms with Gasteiger partial charge in [0.25, 0.3) is 0 Å². The van der Waals surface area contributed by atoms with Crippen molar-refractivity contribution in [3.63, 3.8) is 0 Å². The molecule has 6 heteroatoms. The van der Waals surface area contributed by atoms with Crippen LogP contribution < -0.4 is 21.7 Å². The molecule has 0 aliphatic carbocycles. The molecule has 0 bridgehead atoms. The Morgan fingerprint density at radius 1 is 1.32 bits per heavy atom. The zero-order chi connectivity index (χ0) is 16.9. The van der Waals surface area contributed by atoms with Gasteiger partial charge in [-0.05, 0) is 24.6 Å². The summed E-state index contributed by atoms with van der Waals surface area (Å²) in [4.78, 5) is 24.8. The number of benzene rings is 1. The number of carbonyl (C=O) groups is 2. The first-order valence-electron chi connectivity index (χ1n) is 7.39. The van der Waals surface area contributed by atoms with Crippen LogP contribution >= 0.6 is 0 Å². The maximum atomic E-state index is 12.5. The van der Waals surface area contributed by atoms with Crippen LogP contribution in [0, 0.1) is 5.41 Å². The van der Waals surface area contributed by atoms with Gasteiger partial charge >= 0.3 is 0 Å². The number of primary amides is 1. The summed E-state index contributed by atoms with van der Waals surface area (Å²) >= 11 is 0. The van der Waals surface area contributed by atoms with Crippen LogP contribution in [0.1, 0.15) is 33.6 Å². The summed E-state index contributed by atoms with van der Waals surface area (Å²) in [7, 11) is 1.74. The van der Waals surface area contributed by atoms with Gasteiger partial charge in [0.05, 0.1) is 11.4 Å². The van der Waals surface area contributed by atoms with E-state index in [0.29, 0.717) is 12.2 Å². The van der Waals surface area contributed by atoms with Gasteiger partial charge < -0.3 is 21.7 Å². The van der Waals surface area contributed by atoms with Crippen LogP contribution in [-0.4, -0.2) is 25.4 Å². The van der Waals surface area contributed by atoms with Gasteiger partial charge in [0, 0.05) is 31.1 Å². The minimum absolute atomic E-state index is 0.0452. The van der Waals surface area contributed by atoms with E-state index < -0.39 is 5.41 Å². The van der Waals surface area contributed by atoms with Crippen molar-refractivity contribution >= 4 is 28.9 Å². The maximum absolute atomic E-state index is 12.5. The van der Waals surface area contributed by atoms with Crippen molar-refractivity contribution in [3.05, 3.63) is 18.2 Å². The molecule has 5 N–H and O–H groups in total. The zero-order valence-electron chi connectivity index (χ0n) is 13.8. The van der Waals surface area contributed by atoms with Crippen molar-refractivity contribution in [3.8, 4) is 0 Å². The van der Waals surface area contributed by atoms with E-state index >= 15 is 0 Å². The molecule has 1 rings (SSSR count). The van der Waals surface area contributed by atoms with E-state index in [0.717, 1.165) is 17.8 Å². The van der Waals surface area contributed by atoms with Crippen molar-refractivity contribution in [2.45, 2.75) is 33.6 Å². The van der Waals surface area contributed by atoms with Crippen LogP contribution in [0.2, 0.25) is 0 Å². The molecule has 0 aromatic heterocycles. The number of amides is 2. The smallest absolute Gasteiger partial charge is 0.232 e. The second-order valence-electron chi connectivity index (χ2n) is 6.02. The van der Waals surface area contributed by atoms with Gasteiger partial charge in [-0.1, -0.05) is 20.8 Å². The lowest BCUT2D eigenvalue weighted by atomic mass is 9.88. The van der Waals surface area contributed by atoms with Gasteiger partial charge in [-0.25, -0.2) is 0 Å². The van der Waals surface area contributed by atoms with E-state index in [1.165, 1.54) is 0 Å². The zero-order valence-corrected chi connectivity index (χ0v) is 13.8. The normalized spacial score (nSPS) is 11.1. The molecule has 0 saturated heterocycles. The molecule has 122 valence electrons. The lowest BCUT2D eigenvalue weighted by molar-refractivity contribution is -0.126. The number of rotatable bonds is 7. The number of nitrogens with one attached hydrogen (secondary N) is 1. The van der Waals surface area contributed by atoms with Crippen LogP contribution in [0.5, 0.6) is 0 Å². The number of hydrogen-bond acceptors (Lipinski definition) is 4. The fourth-order valence-corrected chi connectivity index (χ4v) is 1.96. The summed E-state index contributed by atoms with van der Waals surface area (Å²) in [6, 6.07) is 5.37. The molecular formula is C16H26N4O2. The second kappa shape index (κ2) is 7.15. The molecule has 2 amide bonds. The van der Waals surface area contributed by atoms with Crippen LogP contribution in [-0.2, 0) is 9.59 Å². The summed E-state index contributed by atoms with van der Waals surface area (Å²) in [6.07, 6.45) is 1.00. The van der Waals surface area contributed by atoms with E-state index in [1.54, 1.807) is 24.1 Å². The highest BCUT2D eigenvalue weighted by Gasteiger charge is 2.29. The summed E-state index contributed by atoms with van der Waals surface area (Å²) in [5, 5.41) is 3.05. The first-order chi connectivity index (χ1) is 10.2. The molecule has 0 heterocycles. The minimum Gasteiger partial charge on any atom is -0.397 e. The van der Waals surface area contributed by atoms with Gasteiger partial charge in [0.15, 0.2) is 0 Å². The predicted molar refractivity (Wildman–Crippen MR) is 90.6 cm³/mol. The Morgan fingerprint density at radius 2 is 1.95 bits per heavy atom. The van der Waals surface area contributed by atoms with E-state index in [9.17, 15) is 9.59 Å². The van der Waals surface area contributed by atoms with E-state index in [1.807, 2.05) is 26.8 Å². The van der Waals surface area contributed by atoms with E-state index in [2.05, 4.69) is 5.32 Å². The molecule has 0 atom stereocenters. The molecule has 0 aliphatic heterocycles. The Bertz CT molecular complexity index is 555. The van der Waals surface area contributed by atoms with Crippen molar-refractivity contribution in [2.24, 2.45) is 11.1 Å². The van der Waals surface area contributed by atoms with Gasteiger partial charge in [-0.2, -0.15) is 0 Å². The molecule has 22 heavy (non-hydrogen) atoms. The highest BCUT2D eigenvalue weighted by atomic mass is 16.2. The largest absolute Gasteiger partial charge is 0.397 e. The fraction of sp³-hybridized carbons (Fsp3) is 0.500. The standard InChI is InChI=1S/C16H26N4O2/c1-5-16(2,3)15(22)20(4)11-6-7-13(12(17)10-11)19-9-8-14(18)21/h6-7,10,19H,5,8-9,17H2,1-4H3,(H2,18,21). The highest BCUT2D eigenvalue weighted by molar-refractivity contribution is 5.97. The number of anilines is 3. The number of nitrogens with zero attached hydrogens (tertiary/aromatic N) is 1. The minimum atomic E-state index is -0.415. The van der Waals surface area contributed by atoms with Crippen LogP contribution in [0.25, 0.3) is 0 Å². The second-order valence-corrected chi connectivity index (χ2v) is 6.02. The average Bonchev–Trinajstić information content (AvgIpc) is 2.46. The number of nitrogens with two attached hydrogens (primary N) is 2. The Hall–Kier alpha value is -2.24. The molecule has 6 nitrogen and oxygen atoms in total. The van der Waals surface area contributed by atoms with Crippen molar-refractivity contribution < 1.29 is 9.59 Å². The molecule has 0 saturated carbocycles. The Labute approximate surface area is 131 Å². The molecular weight excluding hydrogens is 280 g/mol. The SMILES string of the molecule is CCC(C)(C)C(=O)N(C)c1ccc(NCCC(N)=O)c(N)c1. The first kappa shape index (κ1) is 17.8. The Morgan fingerprint density at radius 3 is 2.45 bits per heavy atom. The van der Waals surface area contributed by atoms with Crippen LogP contribution in [0.15, 0.2) is 18.2 Å². The van der Waals surface area contributed by atoms with Crippen molar-refractivity contribution in [2.75, 3.05) is 29.5 Å². The molecule has 0 fully saturated rings. The monoisotopic (exact) mass is 306 g/mol. The fourth-order valence-electron chi connectivity index (χ4n) is 1.96. The van der Waals surface area contributed by atoms with E-state index in [-0.39, 0.29) is 18.2 Å². The highest BCUT2D eigenvalue weighted by Crippen LogP contribution is 2.29. The third-order valence-corrected chi connectivity index (χ3v) is 3.88. The predicted octanol–water partition coefficient (Wildman–Crippen LogP) is 1.96. The van der Waals surface area contributed by atoms with Gasteiger partial charge in [0.2, 0.25) is 11.8 Å². The average molecular weight is 306 g/mol. The molecule has 0 radical (unpaired) electrons. The molecule has 0 unspecified atom stereocenters. The van der Waals surface area contributed by atoms with Crippen molar-refractivity contribution in [1.82, 2.24) is 0 Å². The lowest BCUT2D eigenvalue weighted by Crippen LogP contribution is -2.38. The molecule has 0 spiro atoms. The number of hydrogen-bond donors (Lipinski definition) is 3. The topological polar surface area (TPSA) is 101 Å². The Kier molecular flexibility index (Phi) is 5.79.